The SMILES string of the molecule is Nc1csc(NN=Cc2ccc(F)cc2OCc2ccc(Cl)cc2)n1. The number of nitrogens with one attached hydrogen (secondary N) is 1. The smallest absolute Gasteiger partial charge is 0.205 e. The molecule has 25 heavy (non-hydrogen) atoms. The quantitative estimate of drug-likeness (QED) is 0.489. The van der Waals surface area contributed by atoms with Crippen molar-refractivity contribution in [3.63, 3.8) is 0 Å². The highest BCUT2D eigenvalue weighted by Gasteiger charge is 2.05. The fourth-order valence-corrected chi connectivity index (χ4v) is 2.65. The zero-order valence-corrected chi connectivity index (χ0v) is 14.5. The number of ether oxygens (including phenoxy) is 1. The van der Waals surface area contributed by atoms with Gasteiger partial charge in [-0.3, -0.25) is 5.43 Å². The molecule has 0 spiro atoms. The molecular weight excluding hydrogens is 363 g/mol. The van der Waals surface area contributed by atoms with Crippen LogP contribution in [0.15, 0.2) is 52.9 Å². The molecule has 3 rings (SSSR count). The van der Waals surface area contributed by atoms with Gasteiger partial charge < -0.3 is 10.5 Å². The summed E-state index contributed by atoms with van der Waals surface area (Å²) in [4.78, 5) is 4.03. The Kier molecular flexibility index (Phi) is 5.47. The van der Waals surface area contributed by atoms with Crippen molar-refractivity contribution in [2.75, 3.05) is 11.2 Å². The number of nitrogens with two attached hydrogens (primary N) is 1. The van der Waals surface area contributed by atoms with Crippen LogP contribution in [-0.2, 0) is 6.61 Å². The molecule has 0 unspecified atom stereocenters. The lowest BCUT2D eigenvalue weighted by Gasteiger charge is -2.09. The van der Waals surface area contributed by atoms with Crippen LogP contribution in [-0.4, -0.2) is 11.2 Å². The van der Waals surface area contributed by atoms with E-state index in [1.807, 2.05) is 12.1 Å². The van der Waals surface area contributed by atoms with Crippen LogP contribution in [0.25, 0.3) is 0 Å². The molecule has 0 saturated carbocycles. The lowest BCUT2D eigenvalue weighted by molar-refractivity contribution is 0.304. The Bertz CT molecular complexity index is 883. The van der Waals surface area contributed by atoms with Crippen LogP contribution >= 0.6 is 22.9 Å². The lowest BCUT2D eigenvalue weighted by atomic mass is 10.2. The number of hydrogen-bond donors (Lipinski definition) is 2. The number of nitrogens with zero attached hydrogens (tertiary/aromatic N) is 2. The van der Waals surface area contributed by atoms with E-state index in [1.165, 1.54) is 29.7 Å². The summed E-state index contributed by atoms with van der Waals surface area (Å²) in [6, 6.07) is 11.5. The van der Waals surface area contributed by atoms with Gasteiger partial charge in [0.05, 0.1) is 6.21 Å². The van der Waals surface area contributed by atoms with Crippen molar-refractivity contribution in [3.05, 3.63) is 69.8 Å². The van der Waals surface area contributed by atoms with E-state index in [9.17, 15) is 4.39 Å². The Labute approximate surface area is 152 Å². The number of thiazole rings is 1. The summed E-state index contributed by atoms with van der Waals surface area (Å²) in [7, 11) is 0. The number of benzene rings is 2. The molecule has 0 amide bonds. The number of aromatic nitrogens is 1. The third-order valence-corrected chi connectivity index (χ3v) is 4.19. The van der Waals surface area contributed by atoms with Gasteiger partial charge in [0.2, 0.25) is 5.13 Å². The van der Waals surface area contributed by atoms with E-state index < -0.39 is 0 Å². The lowest BCUT2D eigenvalue weighted by Crippen LogP contribution is -2.00. The highest BCUT2D eigenvalue weighted by Crippen LogP contribution is 2.21. The van der Waals surface area contributed by atoms with Crippen molar-refractivity contribution in [2.45, 2.75) is 6.61 Å². The Morgan fingerprint density at radius 2 is 2.08 bits per heavy atom. The molecule has 0 aliphatic carbocycles. The van der Waals surface area contributed by atoms with Gasteiger partial charge in [0.25, 0.3) is 0 Å². The molecule has 0 fully saturated rings. The Hall–Kier alpha value is -2.64. The number of rotatable bonds is 6. The van der Waals surface area contributed by atoms with Gasteiger partial charge in [-0.05, 0) is 29.8 Å². The first-order valence-corrected chi connectivity index (χ1v) is 8.53. The minimum atomic E-state index is -0.385. The van der Waals surface area contributed by atoms with E-state index >= 15 is 0 Å². The molecule has 2 aromatic carbocycles. The monoisotopic (exact) mass is 376 g/mol. The van der Waals surface area contributed by atoms with Gasteiger partial charge in [0.1, 0.15) is 24.0 Å². The topological polar surface area (TPSA) is 72.5 Å². The summed E-state index contributed by atoms with van der Waals surface area (Å²) in [5.41, 5.74) is 9.87. The van der Waals surface area contributed by atoms with E-state index in [2.05, 4.69) is 15.5 Å². The molecule has 5 nitrogen and oxygen atoms in total. The average Bonchev–Trinajstić information content (AvgIpc) is 3.01. The molecule has 128 valence electrons. The molecule has 0 bridgehead atoms. The highest BCUT2D eigenvalue weighted by atomic mass is 35.5. The Balaban J connectivity index is 1.70. The van der Waals surface area contributed by atoms with Gasteiger partial charge in [-0.15, -0.1) is 11.3 Å². The van der Waals surface area contributed by atoms with Crippen LogP contribution in [0, 0.1) is 5.82 Å². The first-order chi connectivity index (χ1) is 12.1. The van der Waals surface area contributed by atoms with E-state index in [0.717, 1.165) is 5.56 Å². The second kappa shape index (κ2) is 7.96. The largest absolute Gasteiger partial charge is 0.488 e. The van der Waals surface area contributed by atoms with Crippen LogP contribution in [0.3, 0.4) is 0 Å². The van der Waals surface area contributed by atoms with E-state index in [1.54, 1.807) is 23.6 Å². The molecule has 1 aromatic heterocycles. The average molecular weight is 377 g/mol. The van der Waals surface area contributed by atoms with Crippen molar-refractivity contribution in [3.8, 4) is 5.75 Å². The number of hydrazone groups is 1. The number of nitrogen functional groups attached to an aromatic ring is 1. The molecule has 0 radical (unpaired) electrons. The standard InChI is InChI=1S/C17H14ClFN4OS/c18-13-4-1-11(2-5-13)9-24-15-7-14(19)6-3-12(15)8-21-23-17-22-16(20)10-25-17/h1-8,10H,9,20H2,(H,22,23). The predicted molar refractivity (Wildman–Crippen MR) is 99.9 cm³/mol. The van der Waals surface area contributed by atoms with Gasteiger partial charge in [0.15, 0.2) is 0 Å². The minimum Gasteiger partial charge on any atom is -0.488 e. The second-order valence-corrected chi connectivity index (χ2v) is 6.34. The highest BCUT2D eigenvalue weighted by molar-refractivity contribution is 7.14. The molecular formula is C17H14ClFN4OS. The van der Waals surface area contributed by atoms with Crippen LogP contribution < -0.4 is 15.9 Å². The summed E-state index contributed by atoms with van der Waals surface area (Å²) in [6.07, 6.45) is 1.54. The number of halogens is 2. The van der Waals surface area contributed by atoms with Crippen molar-refractivity contribution in [2.24, 2.45) is 5.10 Å². The van der Waals surface area contributed by atoms with Gasteiger partial charge in [-0.2, -0.15) is 5.10 Å². The molecule has 3 aromatic rings. The van der Waals surface area contributed by atoms with Crippen LogP contribution in [0.5, 0.6) is 5.75 Å². The zero-order chi connectivity index (χ0) is 17.6. The van der Waals surface area contributed by atoms with Gasteiger partial charge >= 0.3 is 0 Å². The fourth-order valence-electron chi connectivity index (χ4n) is 1.98. The van der Waals surface area contributed by atoms with Gasteiger partial charge in [-0.25, -0.2) is 9.37 Å². The fraction of sp³-hybridized carbons (Fsp3) is 0.0588. The maximum Gasteiger partial charge on any atom is 0.205 e. The summed E-state index contributed by atoms with van der Waals surface area (Å²) in [5, 5.41) is 7.00. The van der Waals surface area contributed by atoms with E-state index in [-0.39, 0.29) is 12.4 Å². The normalized spacial score (nSPS) is 11.0. The van der Waals surface area contributed by atoms with Gasteiger partial charge in [0, 0.05) is 22.0 Å². The van der Waals surface area contributed by atoms with Crippen LogP contribution in [0.4, 0.5) is 15.3 Å². The molecule has 8 heteroatoms. The first-order valence-electron chi connectivity index (χ1n) is 7.27. The Morgan fingerprint density at radius 3 is 2.80 bits per heavy atom. The molecule has 0 saturated heterocycles. The van der Waals surface area contributed by atoms with Crippen molar-refractivity contribution in [1.82, 2.24) is 4.98 Å². The summed E-state index contributed by atoms with van der Waals surface area (Å²) in [6.45, 7) is 0.290. The van der Waals surface area contributed by atoms with Crippen LogP contribution in [0.2, 0.25) is 5.02 Å². The summed E-state index contributed by atoms with van der Waals surface area (Å²) in [5.74, 6) is 0.430. The first kappa shape index (κ1) is 17.2. The van der Waals surface area contributed by atoms with E-state index in [4.69, 9.17) is 22.1 Å². The third-order valence-electron chi connectivity index (χ3n) is 3.17. The number of hydrogen-bond acceptors (Lipinski definition) is 6. The molecule has 1 heterocycles. The van der Waals surface area contributed by atoms with Crippen molar-refractivity contribution in [1.29, 1.82) is 0 Å². The van der Waals surface area contributed by atoms with Crippen molar-refractivity contribution < 1.29 is 9.13 Å². The van der Waals surface area contributed by atoms with Gasteiger partial charge in [-0.1, -0.05) is 23.7 Å². The summed E-state index contributed by atoms with van der Waals surface area (Å²) >= 11 is 7.19. The maximum absolute atomic E-state index is 13.5. The summed E-state index contributed by atoms with van der Waals surface area (Å²) < 4.78 is 19.3. The minimum absolute atomic E-state index is 0.290. The van der Waals surface area contributed by atoms with Crippen molar-refractivity contribution >= 4 is 40.1 Å². The molecule has 0 aliphatic heterocycles. The molecule has 0 atom stereocenters. The predicted octanol–water partition coefficient (Wildman–Crippen LogP) is 4.54. The molecule has 3 N–H and O–H groups in total. The second-order valence-electron chi connectivity index (χ2n) is 5.04. The molecule has 0 aliphatic rings. The number of anilines is 2. The maximum atomic E-state index is 13.5. The van der Waals surface area contributed by atoms with E-state index in [0.29, 0.717) is 27.3 Å². The van der Waals surface area contributed by atoms with Crippen LogP contribution in [0.1, 0.15) is 11.1 Å². The Morgan fingerprint density at radius 1 is 1.28 bits per heavy atom. The third kappa shape index (κ3) is 4.91. The zero-order valence-electron chi connectivity index (χ0n) is 12.9.